The standard InChI is InChI=1S/C9H19NOS/c1-8(11)4-5-10-9-3-2-6-12-7-9/h8-11H,2-7H2,1H3/t8-,9+/m0/s1. The summed E-state index contributed by atoms with van der Waals surface area (Å²) in [5.41, 5.74) is 0. The minimum Gasteiger partial charge on any atom is -0.393 e. The lowest BCUT2D eigenvalue weighted by molar-refractivity contribution is 0.182. The highest BCUT2D eigenvalue weighted by Gasteiger charge is 2.12. The molecule has 0 saturated carbocycles. The summed E-state index contributed by atoms with van der Waals surface area (Å²) in [7, 11) is 0. The first-order valence-electron chi connectivity index (χ1n) is 4.78. The molecule has 1 saturated heterocycles. The van der Waals surface area contributed by atoms with Crippen LogP contribution in [-0.2, 0) is 0 Å². The molecule has 0 bridgehead atoms. The highest BCUT2D eigenvalue weighted by Crippen LogP contribution is 2.16. The van der Waals surface area contributed by atoms with E-state index in [1.807, 2.05) is 18.7 Å². The number of aliphatic hydroxyl groups excluding tert-OH is 1. The first kappa shape index (κ1) is 10.4. The average molecular weight is 189 g/mol. The van der Waals surface area contributed by atoms with E-state index < -0.39 is 0 Å². The first-order valence-corrected chi connectivity index (χ1v) is 5.93. The van der Waals surface area contributed by atoms with E-state index in [0.717, 1.165) is 13.0 Å². The van der Waals surface area contributed by atoms with Gasteiger partial charge in [-0.2, -0.15) is 11.8 Å². The van der Waals surface area contributed by atoms with Crippen LogP contribution < -0.4 is 5.32 Å². The normalized spacial score (nSPS) is 27.0. The number of thioether (sulfide) groups is 1. The van der Waals surface area contributed by atoms with Crippen molar-refractivity contribution < 1.29 is 5.11 Å². The van der Waals surface area contributed by atoms with Crippen LogP contribution in [0.2, 0.25) is 0 Å². The van der Waals surface area contributed by atoms with E-state index in [9.17, 15) is 0 Å². The molecule has 1 heterocycles. The Hall–Kier alpha value is 0.270. The van der Waals surface area contributed by atoms with Crippen molar-refractivity contribution in [2.75, 3.05) is 18.1 Å². The molecule has 1 rings (SSSR count). The summed E-state index contributed by atoms with van der Waals surface area (Å²) < 4.78 is 0. The third-order valence-corrected chi connectivity index (χ3v) is 3.37. The van der Waals surface area contributed by atoms with Crippen molar-refractivity contribution in [1.29, 1.82) is 0 Å². The van der Waals surface area contributed by atoms with Crippen LogP contribution in [0.15, 0.2) is 0 Å². The maximum absolute atomic E-state index is 9.04. The second-order valence-corrected chi connectivity index (χ2v) is 4.66. The molecule has 72 valence electrons. The molecule has 0 radical (unpaired) electrons. The molecule has 2 atom stereocenters. The fourth-order valence-corrected chi connectivity index (χ4v) is 2.50. The Bertz CT molecular complexity index is 113. The third kappa shape index (κ3) is 4.33. The van der Waals surface area contributed by atoms with Gasteiger partial charge in [0, 0.05) is 11.8 Å². The Kier molecular flexibility index (Phi) is 5.04. The lowest BCUT2D eigenvalue weighted by Crippen LogP contribution is -2.35. The van der Waals surface area contributed by atoms with Gasteiger partial charge < -0.3 is 10.4 Å². The van der Waals surface area contributed by atoms with E-state index in [-0.39, 0.29) is 6.10 Å². The van der Waals surface area contributed by atoms with Crippen LogP contribution >= 0.6 is 11.8 Å². The van der Waals surface area contributed by atoms with E-state index in [2.05, 4.69) is 5.32 Å². The van der Waals surface area contributed by atoms with E-state index in [1.54, 1.807) is 0 Å². The average Bonchev–Trinajstić information content (AvgIpc) is 2.05. The monoisotopic (exact) mass is 189 g/mol. The van der Waals surface area contributed by atoms with Gasteiger partial charge in [0.1, 0.15) is 0 Å². The molecule has 0 aromatic carbocycles. The van der Waals surface area contributed by atoms with Crippen molar-refractivity contribution in [3.63, 3.8) is 0 Å². The Morgan fingerprint density at radius 2 is 2.50 bits per heavy atom. The second-order valence-electron chi connectivity index (χ2n) is 3.51. The van der Waals surface area contributed by atoms with E-state index >= 15 is 0 Å². The predicted octanol–water partition coefficient (Wildman–Crippen LogP) is 1.24. The SMILES string of the molecule is C[C@H](O)CCN[C@@H]1CCCSC1. The summed E-state index contributed by atoms with van der Waals surface area (Å²) in [4.78, 5) is 0. The molecular formula is C9H19NOS. The van der Waals surface area contributed by atoms with E-state index in [0.29, 0.717) is 6.04 Å². The van der Waals surface area contributed by atoms with Gasteiger partial charge in [-0.3, -0.25) is 0 Å². The third-order valence-electron chi connectivity index (χ3n) is 2.16. The lowest BCUT2D eigenvalue weighted by atomic mass is 10.2. The van der Waals surface area contributed by atoms with Gasteiger partial charge in [0.05, 0.1) is 6.10 Å². The second kappa shape index (κ2) is 5.84. The van der Waals surface area contributed by atoms with Crippen LogP contribution in [-0.4, -0.2) is 35.3 Å². The Morgan fingerprint density at radius 1 is 1.67 bits per heavy atom. The Morgan fingerprint density at radius 3 is 3.08 bits per heavy atom. The number of hydrogen-bond acceptors (Lipinski definition) is 3. The van der Waals surface area contributed by atoms with E-state index in [1.165, 1.54) is 24.3 Å². The van der Waals surface area contributed by atoms with Crippen molar-refractivity contribution in [3.05, 3.63) is 0 Å². The summed E-state index contributed by atoms with van der Waals surface area (Å²) in [5.74, 6) is 2.58. The highest BCUT2D eigenvalue weighted by molar-refractivity contribution is 7.99. The molecule has 1 aliphatic rings. The number of nitrogens with one attached hydrogen (secondary N) is 1. The molecule has 0 aromatic rings. The molecule has 2 N–H and O–H groups in total. The zero-order chi connectivity index (χ0) is 8.81. The molecule has 2 nitrogen and oxygen atoms in total. The Labute approximate surface area is 79.1 Å². The molecule has 0 unspecified atom stereocenters. The Balaban J connectivity index is 1.98. The molecule has 0 spiro atoms. The largest absolute Gasteiger partial charge is 0.393 e. The summed E-state index contributed by atoms with van der Waals surface area (Å²) >= 11 is 2.04. The molecule has 1 fully saturated rings. The van der Waals surface area contributed by atoms with Gasteiger partial charge in [-0.05, 0) is 38.5 Å². The van der Waals surface area contributed by atoms with Crippen LogP contribution in [0, 0.1) is 0 Å². The number of hydrogen-bond donors (Lipinski definition) is 2. The lowest BCUT2D eigenvalue weighted by Gasteiger charge is -2.22. The fraction of sp³-hybridized carbons (Fsp3) is 1.00. The maximum atomic E-state index is 9.04. The quantitative estimate of drug-likeness (QED) is 0.698. The first-order chi connectivity index (χ1) is 5.79. The zero-order valence-corrected chi connectivity index (χ0v) is 8.57. The molecule has 3 heteroatoms. The van der Waals surface area contributed by atoms with Crippen molar-refractivity contribution in [1.82, 2.24) is 5.32 Å². The van der Waals surface area contributed by atoms with Crippen molar-refractivity contribution in [2.24, 2.45) is 0 Å². The van der Waals surface area contributed by atoms with Gasteiger partial charge in [0.25, 0.3) is 0 Å². The van der Waals surface area contributed by atoms with Gasteiger partial charge in [-0.1, -0.05) is 0 Å². The van der Waals surface area contributed by atoms with Gasteiger partial charge in [0.15, 0.2) is 0 Å². The van der Waals surface area contributed by atoms with Gasteiger partial charge in [-0.15, -0.1) is 0 Å². The molecule has 0 aliphatic carbocycles. The summed E-state index contributed by atoms with van der Waals surface area (Å²) in [6.45, 7) is 2.81. The van der Waals surface area contributed by atoms with Gasteiger partial charge >= 0.3 is 0 Å². The summed E-state index contributed by atoms with van der Waals surface area (Å²) in [6, 6.07) is 0.697. The minimum absolute atomic E-state index is 0.159. The molecule has 0 aromatic heterocycles. The van der Waals surface area contributed by atoms with Crippen molar-refractivity contribution in [2.45, 2.75) is 38.3 Å². The van der Waals surface area contributed by atoms with Crippen LogP contribution in [0.3, 0.4) is 0 Å². The highest BCUT2D eigenvalue weighted by atomic mass is 32.2. The minimum atomic E-state index is -0.159. The van der Waals surface area contributed by atoms with Crippen molar-refractivity contribution in [3.8, 4) is 0 Å². The smallest absolute Gasteiger partial charge is 0.0524 e. The molecular weight excluding hydrogens is 170 g/mol. The fourth-order valence-electron chi connectivity index (χ4n) is 1.40. The maximum Gasteiger partial charge on any atom is 0.0524 e. The summed E-state index contributed by atoms with van der Waals surface area (Å²) in [6.07, 6.45) is 3.37. The zero-order valence-electron chi connectivity index (χ0n) is 7.75. The van der Waals surface area contributed by atoms with Crippen molar-refractivity contribution >= 4 is 11.8 Å². The van der Waals surface area contributed by atoms with Crippen LogP contribution in [0.25, 0.3) is 0 Å². The summed E-state index contributed by atoms with van der Waals surface area (Å²) in [5, 5.41) is 12.5. The number of aliphatic hydroxyl groups is 1. The number of rotatable bonds is 4. The topological polar surface area (TPSA) is 32.3 Å². The van der Waals surface area contributed by atoms with Crippen LogP contribution in [0.1, 0.15) is 26.2 Å². The van der Waals surface area contributed by atoms with Gasteiger partial charge in [0.2, 0.25) is 0 Å². The molecule has 1 aliphatic heterocycles. The van der Waals surface area contributed by atoms with E-state index in [4.69, 9.17) is 5.11 Å². The van der Waals surface area contributed by atoms with Gasteiger partial charge in [-0.25, -0.2) is 0 Å². The van der Waals surface area contributed by atoms with Crippen LogP contribution in [0.4, 0.5) is 0 Å². The van der Waals surface area contributed by atoms with Crippen LogP contribution in [0.5, 0.6) is 0 Å². The molecule has 12 heavy (non-hydrogen) atoms. The molecule has 0 amide bonds. The predicted molar refractivity (Wildman–Crippen MR) is 54.6 cm³/mol.